The summed E-state index contributed by atoms with van der Waals surface area (Å²) in [7, 11) is 0. The molecule has 3 heterocycles. The second kappa shape index (κ2) is 7.39. The lowest BCUT2D eigenvalue weighted by Crippen LogP contribution is -2.52. The molecule has 6 rings (SSSR count). The first-order chi connectivity index (χ1) is 16.0. The number of Topliss-reactive ketones (excluding diaryl/α,β-unsaturated/α-hetero) is 1. The fourth-order valence-electron chi connectivity index (χ4n) is 6.85. The van der Waals surface area contributed by atoms with E-state index in [-0.39, 0.29) is 23.7 Å². The van der Waals surface area contributed by atoms with Crippen LogP contribution in [-0.4, -0.2) is 29.2 Å². The van der Waals surface area contributed by atoms with Crippen molar-refractivity contribution in [2.24, 2.45) is 5.92 Å². The van der Waals surface area contributed by atoms with E-state index in [0.29, 0.717) is 5.56 Å². The summed E-state index contributed by atoms with van der Waals surface area (Å²) in [6.45, 7) is 4.94. The quantitative estimate of drug-likeness (QED) is 0.573. The Balaban J connectivity index is 1.65. The van der Waals surface area contributed by atoms with Crippen molar-refractivity contribution in [2.45, 2.75) is 44.2 Å². The van der Waals surface area contributed by atoms with Gasteiger partial charge in [-0.1, -0.05) is 78.4 Å². The molecule has 4 atom stereocenters. The number of anilines is 1. The molecular formula is C29H28N2O2. The van der Waals surface area contributed by atoms with E-state index in [1.807, 2.05) is 55.5 Å². The predicted octanol–water partition coefficient (Wildman–Crippen LogP) is 5.21. The highest BCUT2D eigenvalue weighted by molar-refractivity contribution is 6.13. The van der Waals surface area contributed by atoms with Crippen molar-refractivity contribution >= 4 is 17.4 Å². The van der Waals surface area contributed by atoms with Crippen molar-refractivity contribution in [3.63, 3.8) is 0 Å². The Morgan fingerprint density at radius 2 is 1.70 bits per heavy atom. The minimum atomic E-state index is -0.985. The summed E-state index contributed by atoms with van der Waals surface area (Å²) in [6, 6.07) is 24.3. The SMILES string of the molecule is Cc1cc(C)c2c(c1)[C@]1(C(=O)N2)C(C(=O)c2ccccc2)C(c2ccccc2)C2CCCN21. The van der Waals surface area contributed by atoms with Crippen LogP contribution in [0.5, 0.6) is 0 Å². The van der Waals surface area contributed by atoms with Crippen molar-refractivity contribution < 1.29 is 9.59 Å². The molecule has 3 unspecified atom stereocenters. The van der Waals surface area contributed by atoms with E-state index >= 15 is 0 Å². The second-order valence-electron chi connectivity index (χ2n) is 9.77. The number of aryl methyl sites for hydroxylation is 2. The van der Waals surface area contributed by atoms with Crippen LogP contribution < -0.4 is 5.32 Å². The molecule has 0 saturated carbocycles. The maximum absolute atomic E-state index is 14.3. The van der Waals surface area contributed by atoms with Gasteiger partial charge in [-0.2, -0.15) is 0 Å². The average molecular weight is 437 g/mol. The summed E-state index contributed by atoms with van der Waals surface area (Å²) < 4.78 is 0. The molecule has 0 radical (unpaired) electrons. The molecule has 3 aliphatic rings. The fourth-order valence-corrected chi connectivity index (χ4v) is 6.85. The van der Waals surface area contributed by atoms with Gasteiger partial charge in [0, 0.05) is 28.8 Å². The highest BCUT2D eigenvalue weighted by Gasteiger charge is 2.69. The van der Waals surface area contributed by atoms with Gasteiger partial charge in [-0.25, -0.2) is 0 Å². The largest absolute Gasteiger partial charge is 0.324 e. The zero-order chi connectivity index (χ0) is 22.7. The Bertz CT molecular complexity index is 1250. The van der Waals surface area contributed by atoms with Crippen LogP contribution in [0.1, 0.15) is 51.4 Å². The molecular weight excluding hydrogens is 408 g/mol. The van der Waals surface area contributed by atoms with E-state index in [0.717, 1.165) is 47.3 Å². The molecule has 33 heavy (non-hydrogen) atoms. The van der Waals surface area contributed by atoms with E-state index in [9.17, 15) is 9.59 Å². The first-order valence-corrected chi connectivity index (χ1v) is 11.9. The number of rotatable bonds is 3. The Labute approximate surface area is 194 Å². The summed E-state index contributed by atoms with van der Waals surface area (Å²) in [6.07, 6.45) is 2.03. The third kappa shape index (κ3) is 2.74. The average Bonchev–Trinajstić information content (AvgIpc) is 3.49. The van der Waals surface area contributed by atoms with Gasteiger partial charge in [0.15, 0.2) is 5.78 Å². The van der Waals surface area contributed by atoms with E-state index in [4.69, 9.17) is 0 Å². The molecule has 0 aliphatic carbocycles. The molecule has 4 nitrogen and oxygen atoms in total. The molecule has 0 aromatic heterocycles. The number of fused-ring (bicyclic) bond motifs is 4. The maximum Gasteiger partial charge on any atom is 0.250 e. The van der Waals surface area contributed by atoms with Gasteiger partial charge >= 0.3 is 0 Å². The van der Waals surface area contributed by atoms with Gasteiger partial charge in [-0.05, 0) is 44.4 Å². The van der Waals surface area contributed by atoms with Crippen molar-refractivity contribution in [2.75, 3.05) is 11.9 Å². The Morgan fingerprint density at radius 1 is 1.00 bits per heavy atom. The molecule has 1 amide bonds. The van der Waals surface area contributed by atoms with Crippen LogP contribution in [0.3, 0.4) is 0 Å². The molecule has 0 bridgehead atoms. The molecule has 2 saturated heterocycles. The van der Waals surface area contributed by atoms with E-state index in [1.165, 1.54) is 0 Å². The molecule has 1 N–H and O–H groups in total. The first kappa shape index (κ1) is 20.4. The Hall–Kier alpha value is -3.24. The van der Waals surface area contributed by atoms with E-state index < -0.39 is 11.5 Å². The number of carbonyl (C=O) groups is 2. The third-order valence-electron chi connectivity index (χ3n) is 7.98. The van der Waals surface area contributed by atoms with Gasteiger partial charge < -0.3 is 5.32 Å². The van der Waals surface area contributed by atoms with Crippen LogP contribution in [0.2, 0.25) is 0 Å². The zero-order valence-electron chi connectivity index (χ0n) is 19.0. The van der Waals surface area contributed by atoms with Crippen LogP contribution in [0, 0.1) is 19.8 Å². The lowest BCUT2D eigenvalue weighted by atomic mass is 9.68. The number of amides is 1. The van der Waals surface area contributed by atoms with Crippen molar-refractivity contribution in [3.8, 4) is 0 Å². The topological polar surface area (TPSA) is 49.4 Å². The van der Waals surface area contributed by atoms with Crippen LogP contribution in [0.4, 0.5) is 5.69 Å². The minimum Gasteiger partial charge on any atom is -0.324 e. The molecule has 1 spiro atoms. The lowest BCUT2D eigenvalue weighted by molar-refractivity contribution is -0.127. The number of carbonyl (C=O) groups excluding carboxylic acids is 2. The fraction of sp³-hybridized carbons (Fsp3) is 0.310. The molecule has 3 aliphatic heterocycles. The second-order valence-corrected chi connectivity index (χ2v) is 9.77. The number of hydrogen-bond donors (Lipinski definition) is 1. The smallest absolute Gasteiger partial charge is 0.250 e. The number of nitrogens with one attached hydrogen (secondary N) is 1. The van der Waals surface area contributed by atoms with Crippen molar-refractivity contribution in [1.82, 2.24) is 4.90 Å². The molecule has 3 aromatic rings. The van der Waals surface area contributed by atoms with Gasteiger partial charge in [-0.15, -0.1) is 0 Å². The predicted molar refractivity (Wildman–Crippen MR) is 129 cm³/mol. The minimum absolute atomic E-state index is 0.0427. The van der Waals surface area contributed by atoms with Gasteiger partial charge in [0.2, 0.25) is 5.91 Å². The number of hydrogen-bond acceptors (Lipinski definition) is 3. The van der Waals surface area contributed by atoms with Gasteiger partial charge in [0.05, 0.1) is 5.92 Å². The number of benzene rings is 3. The van der Waals surface area contributed by atoms with Crippen LogP contribution >= 0.6 is 0 Å². The molecule has 3 aromatic carbocycles. The highest BCUT2D eigenvalue weighted by atomic mass is 16.2. The lowest BCUT2D eigenvalue weighted by Gasteiger charge is -2.37. The van der Waals surface area contributed by atoms with E-state index in [1.54, 1.807) is 0 Å². The summed E-state index contributed by atoms with van der Waals surface area (Å²) in [5, 5.41) is 3.21. The van der Waals surface area contributed by atoms with Gasteiger partial charge in [0.1, 0.15) is 5.54 Å². The third-order valence-corrected chi connectivity index (χ3v) is 7.98. The van der Waals surface area contributed by atoms with Crippen molar-refractivity contribution in [1.29, 1.82) is 0 Å². The van der Waals surface area contributed by atoms with E-state index in [2.05, 4.69) is 41.4 Å². The molecule has 166 valence electrons. The summed E-state index contributed by atoms with van der Waals surface area (Å²) >= 11 is 0. The highest BCUT2D eigenvalue weighted by Crippen LogP contribution is 2.61. The van der Waals surface area contributed by atoms with Crippen LogP contribution in [0.25, 0.3) is 0 Å². The van der Waals surface area contributed by atoms with Crippen molar-refractivity contribution in [3.05, 3.63) is 101 Å². The maximum atomic E-state index is 14.3. The number of ketones is 1. The van der Waals surface area contributed by atoms with Gasteiger partial charge in [0.25, 0.3) is 0 Å². The normalized spacial score (nSPS) is 28.1. The summed E-state index contributed by atoms with van der Waals surface area (Å²) in [5.74, 6) is -0.527. The number of nitrogens with zero attached hydrogens (tertiary/aromatic N) is 1. The molecule has 2 fully saturated rings. The standard InChI is InChI=1S/C29H28N2O2/c1-18-16-19(2)26-22(17-18)29(28(33)30-26)25(27(32)21-12-7-4-8-13-21)24(20-10-5-3-6-11-20)23-14-9-15-31(23)29/h3-8,10-13,16-17,23-25H,9,14-15H2,1-2H3,(H,30,33)/t23?,24?,25?,29-/m1/s1. The summed E-state index contributed by atoms with van der Waals surface area (Å²) in [5.41, 5.74) is 4.87. The van der Waals surface area contributed by atoms with Gasteiger partial charge in [-0.3, -0.25) is 14.5 Å². The first-order valence-electron chi connectivity index (χ1n) is 11.9. The zero-order valence-corrected chi connectivity index (χ0v) is 19.0. The van der Waals surface area contributed by atoms with Crippen LogP contribution in [-0.2, 0) is 10.3 Å². The Morgan fingerprint density at radius 3 is 2.42 bits per heavy atom. The Kier molecular flexibility index (Phi) is 4.56. The monoisotopic (exact) mass is 436 g/mol. The summed E-state index contributed by atoms with van der Waals surface area (Å²) in [4.78, 5) is 30.8. The molecule has 4 heteroatoms. The van der Waals surface area contributed by atoms with Crippen LogP contribution in [0.15, 0.2) is 72.8 Å².